The number of aryl methyl sites for hydroxylation is 1. The van der Waals surface area contributed by atoms with Gasteiger partial charge in [0.05, 0.1) is 18.5 Å². The number of hydrogen-bond donors (Lipinski definition) is 1. The summed E-state index contributed by atoms with van der Waals surface area (Å²) in [5, 5.41) is 4.22. The van der Waals surface area contributed by atoms with Crippen LogP contribution in [0.2, 0.25) is 5.02 Å². The van der Waals surface area contributed by atoms with Gasteiger partial charge in [-0.15, -0.1) is 11.3 Å². The first kappa shape index (κ1) is 23.2. The summed E-state index contributed by atoms with van der Waals surface area (Å²) in [6, 6.07) is 12.5. The largest absolute Gasteiger partial charge is 0.495 e. The smallest absolute Gasteiger partial charge is 0.267 e. The van der Waals surface area contributed by atoms with E-state index in [1.165, 1.54) is 18.4 Å². The highest BCUT2D eigenvalue weighted by molar-refractivity contribution is 7.17. The van der Waals surface area contributed by atoms with Gasteiger partial charge in [-0.3, -0.25) is 9.59 Å². The molecule has 0 atom stereocenters. The molecule has 0 bridgehead atoms. The van der Waals surface area contributed by atoms with Crippen LogP contribution in [-0.4, -0.2) is 66.9 Å². The van der Waals surface area contributed by atoms with Crippen molar-refractivity contribution in [1.82, 2.24) is 14.8 Å². The number of likely N-dealkylation sites (N-methyl/N-ethyl adjacent to an activating group) is 1. The maximum absolute atomic E-state index is 13.1. The molecule has 2 heterocycles. The van der Waals surface area contributed by atoms with Crippen LogP contribution in [0.1, 0.15) is 25.7 Å². The molecule has 1 aliphatic rings. The van der Waals surface area contributed by atoms with E-state index in [4.69, 9.17) is 16.3 Å². The van der Waals surface area contributed by atoms with Crippen molar-refractivity contribution >= 4 is 40.4 Å². The fourth-order valence-corrected chi connectivity index (χ4v) is 4.81. The molecule has 7 nitrogen and oxygen atoms in total. The van der Waals surface area contributed by atoms with Gasteiger partial charge in [0, 0.05) is 42.3 Å². The highest BCUT2D eigenvalue weighted by Gasteiger charge is 2.23. The van der Waals surface area contributed by atoms with Gasteiger partial charge in [-0.05, 0) is 44.3 Å². The van der Waals surface area contributed by atoms with Gasteiger partial charge in [0.2, 0.25) is 0 Å². The number of piperazine rings is 1. The number of carbonyl (C=O) groups excluding carboxylic acids is 2. The predicted octanol–water partition coefficient (Wildman–Crippen LogP) is 4.42. The Kier molecular flexibility index (Phi) is 6.97. The third kappa shape index (κ3) is 5.19. The molecule has 9 heteroatoms. The molecule has 0 radical (unpaired) electrons. The summed E-state index contributed by atoms with van der Waals surface area (Å²) < 4.78 is 5.42. The lowest BCUT2D eigenvalue weighted by atomic mass is 10.1. The van der Waals surface area contributed by atoms with Crippen LogP contribution in [0, 0.1) is 6.92 Å². The van der Waals surface area contributed by atoms with Crippen molar-refractivity contribution in [3.63, 3.8) is 0 Å². The average molecular weight is 485 g/mol. The molecule has 1 N–H and O–H groups in total. The number of halogens is 1. The van der Waals surface area contributed by atoms with Gasteiger partial charge in [-0.2, -0.15) is 0 Å². The molecule has 0 saturated carbocycles. The van der Waals surface area contributed by atoms with Crippen molar-refractivity contribution in [1.29, 1.82) is 0 Å². The third-order valence-corrected chi connectivity index (χ3v) is 7.00. The summed E-state index contributed by atoms with van der Waals surface area (Å²) in [5.41, 5.74) is 2.43. The Morgan fingerprint density at radius 3 is 2.58 bits per heavy atom. The van der Waals surface area contributed by atoms with E-state index in [1.54, 1.807) is 31.2 Å². The Labute approximate surface area is 201 Å². The highest BCUT2D eigenvalue weighted by atomic mass is 35.5. The van der Waals surface area contributed by atoms with Crippen molar-refractivity contribution in [2.75, 3.05) is 45.7 Å². The number of anilines is 1. The second-order valence-corrected chi connectivity index (χ2v) is 9.34. The number of amides is 2. The van der Waals surface area contributed by atoms with Gasteiger partial charge < -0.3 is 19.9 Å². The van der Waals surface area contributed by atoms with Gasteiger partial charge >= 0.3 is 0 Å². The first-order valence-corrected chi connectivity index (χ1v) is 11.8. The molecular formula is C24H25ClN4O3S. The van der Waals surface area contributed by atoms with Crippen LogP contribution in [0.5, 0.6) is 5.75 Å². The van der Waals surface area contributed by atoms with Crippen LogP contribution in [0.25, 0.3) is 10.6 Å². The first-order chi connectivity index (χ1) is 15.9. The second-order valence-electron chi connectivity index (χ2n) is 7.91. The van der Waals surface area contributed by atoms with Crippen molar-refractivity contribution in [2.24, 2.45) is 0 Å². The van der Waals surface area contributed by atoms with E-state index in [1.807, 2.05) is 30.1 Å². The van der Waals surface area contributed by atoms with Crippen LogP contribution in [0.3, 0.4) is 0 Å². The zero-order valence-electron chi connectivity index (χ0n) is 18.7. The third-order valence-electron chi connectivity index (χ3n) is 5.56. The minimum atomic E-state index is -0.305. The number of nitrogens with zero attached hydrogens (tertiary/aromatic N) is 3. The molecule has 1 aliphatic heterocycles. The Morgan fingerprint density at radius 1 is 1.12 bits per heavy atom. The topological polar surface area (TPSA) is 74.8 Å². The Balaban J connectivity index is 1.56. The molecule has 172 valence electrons. The summed E-state index contributed by atoms with van der Waals surface area (Å²) >= 11 is 7.39. The van der Waals surface area contributed by atoms with Crippen molar-refractivity contribution in [3.8, 4) is 16.3 Å². The summed E-state index contributed by atoms with van der Waals surface area (Å²) in [6.45, 7) is 4.82. The quantitative estimate of drug-likeness (QED) is 0.580. The molecule has 2 amide bonds. The van der Waals surface area contributed by atoms with E-state index in [9.17, 15) is 9.59 Å². The number of ether oxygens (including phenoxy) is 1. The summed E-state index contributed by atoms with van der Waals surface area (Å²) in [5.74, 6) is 0.120. The number of hydrogen-bond acceptors (Lipinski definition) is 6. The molecule has 4 rings (SSSR count). The second kappa shape index (κ2) is 9.91. The zero-order chi connectivity index (χ0) is 23.5. The number of rotatable bonds is 5. The standard InChI is InChI=1S/C24H25ClN4O3S/c1-15-21(33-23(26-15)16-5-4-6-18(25)13-16)22(30)27-19-14-17(7-8-20(19)32-3)24(31)29-11-9-28(2)10-12-29/h4-8,13-14H,9-12H2,1-3H3,(H,27,30). The van der Waals surface area contributed by atoms with Gasteiger partial charge in [0.25, 0.3) is 11.8 Å². The number of benzene rings is 2. The van der Waals surface area contributed by atoms with E-state index in [0.717, 1.165) is 18.7 Å². The number of thiazole rings is 1. The van der Waals surface area contributed by atoms with Gasteiger partial charge in [-0.1, -0.05) is 23.7 Å². The van der Waals surface area contributed by atoms with Gasteiger partial charge in [-0.25, -0.2) is 4.98 Å². The number of nitrogens with one attached hydrogen (secondary N) is 1. The molecule has 33 heavy (non-hydrogen) atoms. The lowest BCUT2D eigenvalue weighted by Gasteiger charge is -2.32. The molecular weight excluding hydrogens is 460 g/mol. The van der Waals surface area contributed by atoms with E-state index >= 15 is 0 Å². The van der Waals surface area contributed by atoms with Crippen LogP contribution < -0.4 is 10.1 Å². The molecule has 0 aliphatic carbocycles. The number of aromatic nitrogens is 1. The highest BCUT2D eigenvalue weighted by Crippen LogP contribution is 2.32. The minimum absolute atomic E-state index is 0.0570. The predicted molar refractivity (Wildman–Crippen MR) is 132 cm³/mol. The fraction of sp³-hybridized carbons (Fsp3) is 0.292. The Bertz CT molecular complexity index is 1190. The average Bonchev–Trinajstić information content (AvgIpc) is 3.21. The molecule has 2 aromatic carbocycles. The summed E-state index contributed by atoms with van der Waals surface area (Å²) in [4.78, 5) is 35.2. The van der Waals surface area contributed by atoms with Crippen LogP contribution in [-0.2, 0) is 0 Å². The van der Waals surface area contributed by atoms with E-state index < -0.39 is 0 Å². The maximum Gasteiger partial charge on any atom is 0.267 e. The van der Waals surface area contributed by atoms with E-state index in [2.05, 4.69) is 15.2 Å². The van der Waals surface area contributed by atoms with Gasteiger partial charge in [0.15, 0.2) is 0 Å². The lowest BCUT2D eigenvalue weighted by Crippen LogP contribution is -2.47. The molecule has 1 fully saturated rings. The van der Waals surface area contributed by atoms with Gasteiger partial charge in [0.1, 0.15) is 15.6 Å². The molecule has 1 aromatic heterocycles. The van der Waals surface area contributed by atoms with E-state index in [-0.39, 0.29) is 11.8 Å². The molecule has 0 spiro atoms. The Hall–Kier alpha value is -2.94. The van der Waals surface area contributed by atoms with Crippen molar-refractivity contribution in [2.45, 2.75) is 6.92 Å². The van der Waals surface area contributed by atoms with Crippen molar-refractivity contribution in [3.05, 3.63) is 63.6 Å². The Morgan fingerprint density at radius 2 is 1.88 bits per heavy atom. The number of carbonyl (C=O) groups is 2. The van der Waals surface area contributed by atoms with Crippen LogP contribution in [0.4, 0.5) is 5.69 Å². The zero-order valence-corrected chi connectivity index (χ0v) is 20.3. The van der Waals surface area contributed by atoms with E-state index in [0.29, 0.717) is 50.7 Å². The molecule has 1 saturated heterocycles. The monoisotopic (exact) mass is 484 g/mol. The van der Waals surface area contributed by atoms with Crippen LogP contribution in [0.15, 0.2) is 42.5 Å². The van der Waals surface area contributed by atoms with Crippen LogP contribution >= 0.6 is 22.9 Å². The lowest BCUT2D eigenvalue weighted by molar-refractivity contribution is 0.0664. The summed E-state index contributed by atoms with van der Waals surface area (Å²) in [7, 11) is 3.57. The van der Waals surface area contributed by atoms with Crippen molar-refractivity contribution < 1.29 is 14.3 Å². The number of methoxy groups -OCH3 is 1. The minimum Gasteiger partial charge on any atom is -0.495 e. The SMILES string of the molecule is COc1ccc(C(=O)N2CCN(C)CC2)cc1NC(=O)c1sc(-c2cccc(Cl)c2)nc1C. The summed E-state index contributed by atoms with van der Waals surface area (Å²) in [6.07, 6.45) is 0. The normalized spacial score (nSPS) is 14.2. The maximum atomic E-state index is 13.1. The fourth-order valence-electron chi connectivity index (χ4n) is 3.66. The molecule has 3 aromatic rings. The molecule has 0 unspecified atom stereocenters. The first-order valence-electron chi connectivity index (χ1n) is 10.6.